The van der Waals surface area contributed by atoms with Gasteiger partial charge in [0.2, 0.25) is 5.91 Å². The lowest BCUT2D eigenvalue weighted by Gasteiger charge is -2.36. The third-order valence-electron chi connectivity index (χ3n) is 5.50. The molecule has 0 aromatic heterocycles. The average molecular weight is 459 g/mol. The number of guanidine groups is 1. The predicted octanol–water partition coefficient (Wildman–Crippen LogP) is 2.21. The Morgan fingerprint density at radius 2 is 1.79 bits per heavy atom. The highest BCUT2D eigenvalue weighted by Gasteiger charge is 2.37. The molecule has 0 radical (unpaired) electrons. The summed E-state index contributed by atoms with van der Waals surface area (Å²) in [5, 5.41) is 15.0. The van der Waals surface area contributed by atoms with Gasteiger partial charge in [0, 0.05) is 24.5 Å². The molecule has 33 heavy (non-hydrogen) atoms. The van der Waals surface area contributed by atoms with Gasteiger partial charge in [0.25, 0.3) is 5.91 Å². The smallest absolute Gasteiger partial charge is 0.331 e. The molecule has 0 saturated heterocycles. The lowest BCUT2D eigenvalue weighted by atomic mass is 9.88. The minimum Gasteiger partial charge on any atom is -0.478 e. The molecule has 2 rings (SSSR count). The molecule has 9 heteroatoms. The summed E-state index contributed by atoms with van der Waals surface area (Å²) >= 11 is 0. The van der Waals surface area contributed by atoms with E-state index in [1.807, 2.05) is 33.8 Å². The fraction of sp³-hybridized carbons (Fsp3) is 0.500. The second-order valence-corrected chi connectivity index (χ2v) is 8.38. The van der Waals surface area contributed by atoms with Gasteiger partial charge in [-0.3, -0.25) is 14.9 Å². The van der Waals surface area contributed by atoms with E-state index in [1.54, 1.807) is 12.1 Å². The van der Waals surface area contributed by atoms with E-state index in [0.29, 0.717) is 5.56 Å². The van der Waals surface area contributed by atoms with E-state index >= 15 is 0 Å². The number of carbonyl (C=O) groups excluding carboxylic acids is 2. The normalized spacial score (nSPS) is 20.8. The van der Waals surface area contributed by atoms with Gasteiger partial charge in [0.1, 0.15) is 0 Å². The first-order valence-corrected chi connectivity index (χ1v) is 11.1. The molecule has 0 aliphatic heterocycles. The molecular weight excluding hydrogens is 424 g/mol. The first-order chi connectivity index (χ1) is 15.5. The van der Waals surface area contributed by atoms with Crippen molar-refractivity contribution in [2.75, 3.05) is 0 Å². The van der Waals surface area contributed by atoms with Gasteiger partial charge in [-0.15, -0.1) is 0 Å². The summed E-state index contributed by atoms with van der Waals surface area (Å²) in [4.78, 5) is 40.7. The number of aliphatic imine (C=N–C) groups is 1. The highest BCUT2D eigenvalue weighted by Crippen LogP contribution is 2.26. The topological polar surface area (TPSA) is 143 Å². The molecule has 180 valence electrons. The fourth-order valence-corrected chi connectivity index (χ4v) is 3.97. The number of hydrogen-bond acceptors (Lipinski definition) is 5. The van der Waals surface area contributed by atoms with Gasteiger partial charge in [0.15, 0.2) is 5.96 Å². The van der Waals surface area contributed by atoms with E-state index in [4.69, 9.17) is 10.5 Å². The Hall–Kier alpha value is -3.20. The maximum Gasteiger partial charge on any atom is 0.331 e. The maximum absolute atomic E-state index is 12.6. The molecule has 0 saturated carbocycles. The van der Waals surface area contributed by atoms with Gasteiger partial charge in [-0.2, -0.15) is 0 Å². The van der Waals surface area contributed by atoms with E-state index in [2.05, 4.69) is 15.6 Å². The molecule has 1 aliphatic carbocycles. The number of rotatable bonds is 8. The Morgan fingerprint density at radius 3 is 2.30 bits per heavy atom. The second-order valence-electron chi connectivity index (χ2n) is 8.38. The van der Waals surface area contributed by atoms with Crippen LogP contribution in [0, 0.1) is 13.8 Å². The summed E-state index contributed by atoms with van der Waals surface area (Å²) in [5.41, 5.74) is 8.46. The van der Waals surface area contributed by atoms with Gasteiger partial charge < -0.3 is 20.9 Å². The van der Waals surface area contributed by atoms with Crippen molar-refractivity contribution in [3.8, 4) is 0 Å². The zero-order valence-corrected chi connectivity index (χ0v) is 19.8. The van der Waals surface area contributed by atoms with Gasteiger partial charge in [-0.05, 0) is 44.9 Å². The first kappa shape index (κ1) is 26.1. The number of amides is 2. The number of aliphatic carboxylic acids is 1. The van der Waals surface area contributed by atoms with Crippen LogP contribution in [0.4, 0.5) is 0 Å². The number of ether oxygens (including phenoxy) is 1. The third kappa shape index (κ3) is 7.42. The Morgan fingerprint density at radius 1 is 1.18 bits per heavy atom. The number of nitrogens with one attached hydrogen (secondary N) is 2. The molecule has 0 bridgehead atoms. The number of nitrogens with zero attached hydrogens (tertiary/aromatic N) is 1. The standard InChI is InChI=1S/C24H34N4O5/c1-6-18(7-2)33-20-12-17(23(31)32)11-19(21(20)26-15(5)29)27-24(25)28-22(30)16-9-13(3)8-14(4)10-16/h8-10,12,18-21H,6-7,11H2,1-5H3,(H,26,29)(H,31,32)(H3,25,27,28,30)/t19-,20+,21+/m0/s1. The van der Waals surface area contributed by atoms with Crippen molar-refractivity contribution in [3.63, 3.8) is 0 Å². The van der Waals surface area contributed by atoms with Crippen molar-refractivity contribution in [2.45, 2.75) is 78.2 Å². The van der Waals surface area contributed by atoms with E-state index in [1.165, 1.54) is 13.0 Å². The molecular formula is C24H34N4O5. The summed E-state index contributed by atoms with van der Waals surface area (Å²) in [7, 11) is 0. The van der Waals surface area contributed by atoms with Gasteiger partial charge in [-0.25, -0.2) is 9.79 Å². The van der Waals surface area contributed by atoms with Crippen LogP contribution < -0.4 is 16.4 Å². The summed E-state index contributed by atoms with van der Waals surface area (Å²) in [6.07, 6.45) is 2.22. The molecule has 1 aromatic rings. The van der Waals surface area contributed by atoms with Crippen molar-refractivity contribution in [3.05, 3.63) is 46.5 Å². The van der Waals surface area contributed by atoms with E-state index < -0.39 is 30.1 Å². The molecule has 3 atom stereocenters. The van der Waals surface area contributed by atoms with Crippen molar-refractivity contribution in [1.82, 2.24) is 10.6 Å². The van der Waals surface area contributed by atoms with E-state index in [9.17, 15) is 19.5 Å². The van der Waals surface area contributed by atoms with Crippen molar-refractivity contribution in [1.29, 1.82) is 0 Å². The first-order valence-electron chi connectivity index (χ1n) is 11.1. The lowest BCUT2D eigenvalue weighted by molar-refractivity contribution is -0.133. The third-order valence-corrected chi connectivity index (χ3v) is 5.50. The van der Waals surface area contributed by atoms with Crippen LogP contribution >= 0.6 is 0 Å². The van der Waals surface area contributed by atoms with Crippen molar-refractivity contribution >= 4 is 23.7 Å². The van der Waals surface area contributed by atoms with E-state index in [0.717, 1.165) is 24.0 Å². The largest absolute Gasteiger partial charge is 0.478 e. The number of aryl methyl sites for hydroxylation is 2. The number of nitrogens with two attached hydrogens (primary N) is 1. The van der Waals surface area contributed by atoms with Crippen LogP contribution in [-0.2, 0) is 14.3 Å². The van der Waals surface area contributed by atoms with E-state index in [-0.39, 0.29) is 30.0 Å². The number of carboxylic acids is 1. The summed E-state index contributed by atoms with van der Waals surface area (Å²) in [6, 6.07) is 4.06. The number of carbonyl (C=O) groups is 3. The summed E-state index contributed by atoms with van der Waals surface area (Å²) in [5.74, 6) is -1.97. The van der Waals surface area contributed by atoms with Crippen LogP contribution in [0.1, 0.15) is 61.5 Å². The predicted molar refractivity (Wildman–Crippen MR) is 126 cm³/mol. The number of carboxylic acid groups (broad SMARTS) is 1. The van der Waals surface area contributed by atoms with Crippen molar-refractivity contribution in [2.24, 2.45) is 10.7 Å². The Balaban J connectivity index is 2.33. The zero-order chi connectivity index (χ0) is 24.7. The minimum absolute atomic E-state index is 0.0309. The Bertz CT molecular complexity index is 932. The minimum atomic E-state index is -1.09. The zero-order valence-electron chi connectivity index (χ0n) is 19.8. The van der Waals surface area contributed by atoms with Crippen LogP contribution in [0.15, 0.2) is 34.8 Å². The lowest BCUT2D eigenvalue weighted by Crippen LogP contribution is -2.54. The van der Waals surface area contributed by atoms with Crippen LogP contribution in [0.25, 0.3) is 0 Å². The van der Waals surface area contributed by atoms with Gasteiger partial charge >= 0.3 is 5.97 Å². The molecule has 1 aliphatic rings. The second kappa shape index (κ2) is 11.6. The van der Waals surface area contributed by atoms with Crippen LogP contribution in [0.3, 0.4) is 0 Å². The summed E-state index contributed by atoms with van der Waals surface area (Å²) in [6.45, 7) is 9.10. The molecule has 1 aromatic carbocycles. The van der Waals surface area contributed by atoms with Crippen LogP contribution in [0.2, 0.25) is 0 Å². The highest BCUT2D eigenvalue weighted by atomic mass is 16.5. The number of benzene rings is 1. The SMILES string of the molecule is CCC(CC)O[C@@H]1C=C(C(=O)O)C[C@H](N=C(N)NC(=O)c2cc(C)cc(C)c2)[C@H]1NC(C)=O. The Kier molecular flexibility index (Phi) is 9.16. The molecule has 0 unspecified atom stereocenters. The molecule has 5 N–H and O–H groups in total. The quantitative estimate of drug-likeness (QED) is 0.347. The fourth-order valence-electron chi connectivity index (χ4n) is 3.97. The van der Waals surface area contributed by atoms with Crippen molar-refractivity contribution < 1.29 is 24.2 Å². The monoisotopic (exact) mass is 458 g/mol. The van der Waals surface area contributed by atoms with Crippen LogP contribution in [0.5, 0.6) is 0 Å². The molecule has 0 spiro atoms. The Labute approximate surface area is 194 Å². The molecule has 2 amide bonds. The van der Waals surface area contributed by atoms with Gasteiger partial charge in [0.05, 0.1) is 24.3 Å². The molecule has 9 nitrogen and oxygen atoms in total. The van der Waals surface area contributed by atoms with Gasteiger partial charge in [-0.1, -0.05) is 31.0 Å². The highest BCUT2D eigenvalue weighted by molar-refractivity contribution is 6.05. The average Bonchev–Trinajstić information content (AvgIpc) is 2.72. The summed E-state index contributed by atoms with van der Waals surface area (Å²) < 4.78 is 6.12. The number of hydrogen-bond donors (Lipinski definition) is 4. The van der Waals surface area contributed by atoms with Crippen LogP contribution in [-0.4, -0.2) is 53.1 Å². The molecule has 0 heterocycles. The molecule has 0 fully saturated rings. The maximum atomic E-state index is 12.6.